The summed E-state index contributed by atoms with van der Waals surface area (Å²) in [6.45, 7) is 4.83. The molecule has 2 aromatic carbocycles. The van der Waals surface area contributed by atoms with E-state index in [1.54, 1.807) is 23.1 Å². The van der Waals surface area contributed by atoms with Gasteiger partial charge in [-0.2, -0.15) is 0 Å². The van der Waals surface area contributed by atoms with E-state index in [0.717, 1.165) is 28.9 Å². The molecular formula is C29H33N3O6. The Balaban J connectivity index is 1.34. The van der Waals surface area contributed by atoms with Crippen molar-refractivity contribution in [3.05, 3.63) is 65.2 Å². The van der Waals surface area contributed by atoms with Gasteiger partial charge in [0.05, 0.1) is 0 Å². The molecule has 2 N–H and O–H groups in total. The number of imide groups is 1. The molecule has 0 radical (unpaired) electrons. The Labute approximate surface area is 221 Å². The lowest BCUT2D eigenvalue weighted by Crippen LogP contribution is -2.47. The summed E-state index contributed by atoms with van der Waals surface area (Å²) in [5.41, 5.74) is -0.242. The number of nitrogens with zero attached hydrogens (tertiary/aromatic N) is 2. The third-order valence-electron chi connectivity index (χ3n) is 7.78. The first kappa shape index (κ1) is 25.9. The number of rotatable bonds is 8. The molecule has 9 heteroatoms. The van der Waals surface area contributed by atoms with Crippen molar-refractivity contribution in [1.82, 2.24) is 9.80 Å². The van der Waals surface area contributed by atoms with Crippen molar-refractivity contribution < 1.29 is 29.0 Å². The first-order chi connectivity index (χ1) is 18.0. The van der Waals surface area contributed by atoms with Crippen LogP contribution in [0.1, 0.15) is 56.7 Å². The summed E-state index contributed by atoms with van der Waals surface area (Å²) in [5, 5.41) is 12.6. The SMILES string of the molecule is C[C@@H](C1CC1)N(Cc1ccccc1)C(=O)CN1C(=O)O[C@]2(CCc3cc(NC(=O)C(C)(C)O)ccc32)C1=O. The third kappa shape index (κ3) is 4.78. The second-order valence-electron chi connectivity index (χ2n) is 11.1. The second kappa shape index (κ2) is 9.54. The smallest absolute Gasteiger partial charge is 0.418 e. The van der Waals surface area contributed by atoms with Crippen LogP contribution in [-0.2, 0) is 37.7 Å². The van der Waals surface area contributed by atoms with Gasteiger partial charge in [0.25, 0.3) is 11.8 Å². The minimum absolute atomic E-state index is 0.00451. The van der Waals surface area contributed by atoms with Crippen LogP contribution in [0, 0.1) is 5.92 Å². The fraction of sp³-hybridized carbons (Fsp3) is 0.448. The van der Waals surface area contributed by atoms with E-state index in [2.05, 4.69) is 5.32 Å². The van der Waals surface area contributed by atoms with Crippen molar-refractivity contribution in [1.29, 1.82) is 0 Å². The number of aryl methyl sites for hydroxylation is 1. The first-order valence-electron chi connectivity index (χ1n) is 13.0. The Hall–Kier alpha value is -3.72. The maximum absolute atomic E-state index is 13.6. The number of aliphatic hydroxyl groups is 1. The minimum atomic E-state index is -1.55. The van der Waals surface area contributed by atoms with Crippen molar-refractivity contribution in [3.8, 4) is 0 Å². The Morgan fingerprint density at radius 1 is 1.18 bits per heavy atom. The van der Waals surface area contributed by atoms with E-state index in [1.165, 1.54) is 13.8 Å². The van der Waals surface area contributed by atoms with E-state index in [1.807, 2.05) is 37.3 Å². The van der Waals surface area contributed by atoms with Crippen LogP contribution in [0.25, 0.3) is 0 Å². The van der Waals surface area contributed by atoms with Crippen LogP contribution in [0.5, 0.6) is 0 Å². The quantitative estimate of drug-likeness (QED) is 0.553. The highest BCUT2D eigenvalue weighted by atomic mass is 16.6. The molecule has 2 aromatic rings. The van der Waals surface area contributed by atoms with Crippen LogP contribution in [-0.4, -0.2) is 56.9 Å². The van der Waals surface area contributed by atoms with Gasteiger partial charge < -0.3 is 20.1 Å². The lowest BCUT2D eigenvalue weighted by molar-refractivity contribution is -0.143. The highest BCUT2D eigenvalue weighted by Gasteiger charge is 2.58. The summed E-state index contributed by atoms with van der Waals surface area (Å²) in [5.74, 6) is -0.971. The number of anilines is 1. The summed E-state index contributed by atoms with van der Waals surface area (Å²) in [4.78, 5) is 54.9. The number of hydrogen-bond acceptors (Lipinski definition) is 6. The summed E-state index contributed by atoms with van der Waals surface area (Å²) < 4.78 is 5.69. The average molecular weight is 520 g/mol. The number of nitrogens with one attached hydrogen (secondary N) is 1. The number of hydrogen-bond donors (Lipinski definition) is 2. The number of ether oxygens (including phenoxy) is 1. The van der Waals surface area contributed by atoms with Gasteiger partial charge in [-0.25, -0.2) is 9.69 Å². The van der Waals surface area contributed by atoms with E-state index in [9.17, 15) is 24.3 Å². The molecule has 200 valence electrons. The first-order valence-corrected chi connectivity index (χ1v) is 13.0. The lowest BCUT2D eigenvalue weighted by atomic mass is 9.94. The normalized spacial score (nSPS) is 21.3. The van der Waals surface area contributed by atoms with Crippen molar-refractivity contribution in [3.63, 3.8) is 0 Å². The number of amides is 4. The molecule has 1 spiro atoms. The third-order valence-corrected chi connectivity index (χ3v) is 7.78. The van der Waals surface area contributed by atoms with Crippen LogP contribution in [0.4, 0.5) is 10.5 Å². The monoisotopic (exact) mass is 519 g/mol. The van der Waals surface area contributed by atoms with Gasteiger partial charge in [-0.1, -0.05) is 36.4 Å². The van der Waals surface area contributed by atoms with Gasteiger partial charge in [-0.05, 0) is 69.2 Å². The Bertz CT molecular complexity index is 1280. The van der Waals surface area contributed by atoms with Crippen molar-refractivity contribution in [2.75, 3.05) is 11.9 Å². The molecule has 0 bridgehead atoms. The van der Waals surface area contributed by atoms with E-state index < -0.39 is 29.1 Å². The molecular weight excluding hydrogens is 486 g/mol. The summed E-state index contributed by atoms with van der Waals surface area (Å²) in [6.07, 6.45) is 2.01. The van der Waals surface area contributed by atoms with E-state index >= 15 is 0 Å². The molecule has 1 saturated heterocycles. The molecule has 1 saturated carbocycles. The lowest BCUT2D eigenvalue weighted by Gasteiger charge is -2.30. The number of fused-ring (bicyclic) bond motifs is 2. The second-order valence-corrected chi connectivity index (χ2v) is 11.1. The number of carbonyl (C=O) groups excluding carboxylic acids is 4. The van der Waals surface area contributed by atoms with Crippen LogP contribution in [0.2, 0.25) is 0 Å². The van der Waals surface area contributed by atoms with Crippen LogP contribution < -0.4 is 5.32 Å². The standard InChI is InChI=1S/C29H33N3O6/c1-18(20-9-10-20)31(16-19-7-5-4-6-8-19)24(33)17-32-26(35)29(38-27(32)36)14-13-21-15-22(11-12-23(21)29)30-25(34)28(2,3)37/h4-8,11-12,15,18,20,37H,9-10,13-14,16-17H2,1-3H3,(H,30,34)/t18-,29-/m0/s1. The molecule has 4 amide bonds. The summed E-state index contributed by atoms with van der Waals surface area (Å²) in [7, 11) is 0. The zero-order valence-corrected chi connectivity index (χ0v) is 21.9. The van der Waals surface area contributed by atoms with Gasteiger partial charge >= 0.3 is 6.09 Å². The topological polar surface area (TPSA) is 116 Å². The van der Waals surface area contributed by atoms with Gasteiger partial charge in [-0.3, -0.25) is 14.4 Å². The molecule has 1 heterocycles. The Kier molecular flexibility index (Phi) is 6.51. The highest BCUT2D eigenvalue weighted by molar-refractivity contribution is 6.06. The van der Waals surface area contributed by atoms with Crippen LogP contribution in [0.3, 0.4) is 0 Å². The molecule has 38 heavy (non-hydrogen) atoms. The minimum Gasteiger partial charge on any atom is -0.427 e. The van der Waals surface area contributed by atoms with Gasteiger partial charge in [0.2, 0.25) is 11.5 Å². The van der Waals surface area contributed by atoms with Crippen molar-refractivity contribution in [2.24, 2.45) is 5.92 Å². The van der Waals surface area contributed by atoms with Gasteiger partial charge in [0, 0.05) is 30.3 Å². The van der Waals surface area contributed by atoms with E-state index in [0.29, 0.717) is 30.1 Å². The Morgan fingerprint density at radius 3 is 2.55 bits per heavy atom. The Morgan fingerprint density at radius 2 is 1.89 bits per heavy atom. The molecule has 2 atom stereocenters. The molecule has 3 aliphatic rings. The van der Waals surface area contributed by atoms with Gasteiger partial charge in [-0.15, -0.1) is 0 Å². The summed E-state index contributed by atoms with van der Waals surface area (Å²) in [6, 6.07) is 14.7. The number of carbonyl (C=O) groups is 4. The molecule has 1 aliphatic heterocycles. The van der Waals surface area contributed by atoms with Gasteiger partial charge in [0.1, 0.15) is 12.1 Å². The predicted molar refractivity (Wildman–Crippen MR) is 139 cm³/mol. The van der Waals surface area contributed by atoms with E-state index in [-0.39, 0.29) is 24.9 Å². The van der Waals surface area contributed by atoms with Crippen LogP contribution in [0.15, 0.2) is 48.5 Å². The largest absolute Gasteiger partial charge is 0.427 e. The number of benzene rings is 2. The molecule has 0 aromatic heterocycles. The maximum atomic E-state index is 13.6. The molecule has 0 unspecified atom stereocenters. The van der Waals surface area contributed by atoms with Crippen molar-refractivity contribution in [2.45, 2.75) is 70.2 Å². The van der Waals surface area contributed by atoms with Crippen LogP contribution >= 0.6 is 0 Å². The predicted octanol–water partition coefficient (Wildman–Crippen LogP) is 3.34. The molecule has 5 rings (SSSR count). The fourth-order valence-electron chi connectivity index (χ4n) is 5.31. The molecule has 9 nitrogen and oxygen atoms in total. The van der Waals surface area contributed by atoms with Gasteiger partial charge in [0.15, 0.2) is 0 Å². The zero-order valence-electron chi connectivity index (χ0n) is 21.9. The van der Waals surface area contributed by atoms with E-state index in [4.69, 9.17) is 4.74 Å². The zero-order chi connectivity index (χ0) is 27.2. The highest BCUT2D eigenvalue weighted by Crippen LogP contribution is 2.46. The average Bonchev–Trinajstić information content (AvgIpc) is 3.63. The molecule has 2 aliphatic carbocycles. The summed E-state index contributed by atoms with van der Waals surface area (Å²) >= 11 is 0. The maximum Gasteiger partial charge on any atom is 0.418 e. The molecule has 2 fully saturated rings. The fourth-order valence-corrected chi connectivity index (χ4v) is 5.31. The van der Waals surface area contributed by atoms with Crippen molar-refractivity contribution >= 4 is 29.5 Å².